The van der Waals surface area contributed by atoms with Crippen LogP contribution in [0.5, 0.6) is 0 Å². The Morgan fingerprint density at radius 3 is 0.667 bits per heavy atom. The van der Waals surface area contributed by atoms with E-state index >= 15 is 0 Å². The summed E-state index contributed by atoms with van der Waals surface area (Å²) in [5, 5.41) is 0. The SMILES string of the molecule is O=S(=O)(O)O.O=S(=O)(O)O.[Co].[Fe]. The average molecular weight is 311 g/mol. The van der Waals surface area contributed by atoms with Gasteiger partial charge in [0.25, 0.3) is 0 Å². The van der Waals surface area contributed by atoms with Crippen LogP contribution < -0.4 is 0 Å². The van der Waals surface area contributed by atoms with Crippen LogP contribution in [0.3, 0.4) is 0 Å². The summed E-state index contributed by atoms with van der Waals surface area (Å²) in [6, 6.07) is 0. The fraction of sp³-hybridized carbons (Fsp3) is 0. The van der Waals surface area contributed by atoms with Crippen molar-refractivity contribution in [1.29, 1.82) is 0 Å². The van der Waals surface area contributed by atoms with Crippen molar-refractivity contribution < 1.29 is 68.9 Å². The maximum atomic E-state index is 8.74. The Hall–Kier alpha value is 0.766. The van der Waals surface area contributed by atoms with Crippen molar-refractivity contribution in [3.05, 3.63) is 0 Å². The molecule has 4 N–H and O–H groups in total. The summed E-state index contributed by atoms with van der Waals surface area (Å²) in [7, 11) is -9.33. The molecule has 0 aromatic heterocycles. The zero-order chi connectivity index (χ0) is 9.00. The molecule has 0 aliphatic carbocycles. The molecule has 12 heteroatoms. The van der Waals surface area contributed by atoms with E-state index in [0.29, 0.717) is 0 Å². The Morgan fingerprint density at radius 1 is 0.667 bits per heavy atom. The van der Waals surface area contributed by atoms with Gasteiger partial charge in [0.15, 0.2) is 0 Å². The van der Waals surface area contributed by atoms with Gasteiger partial charge in [0.05, 0.1) is 0 Å². The predicted octanol–water partition coefficient (Wildman–Crippen LogP) is -1.31. The second-order valence-electron chi connectivity index (χ2n) is 0.896. The van der Waals surface area contributed by atoms with Gasteiger partial charge in [-0.1, -0.05) is 0 Å². The molecule has 0 spiro atoms. The zero-order valence-electron chi connectivity index (χ0n) is 4.93. The van der Waals surface area contributed by atoms with E-state index in [4.69, 9.17) is 35.0 Å². The van der Waals surface area contributed by atoms with Crippen LogP contribution in [0.4, 0.5) is 0 Å². The van der Waals surface area contributed by atoms with Crippen molar-refractivity contribution in [1.82, 2.24) is 0 Å². The molecule has 0 aliphatic heterocycles. The molecule has 0 aromatic carbocycles. The van der Waals surface area contributed by atoms with Crippen molar-refractivity contribution in [3.63, 3.8) is 0 Å². The normalized spacial score (nSPS) is 9.67. The maximum absolute atomic E-state index is 8.74. The van der Waals surface area contributed by atoms with Gasteiger partial charge in [-0.2, -0.15) is 16.8 Å². The summed E-state index contributed by atoms with van der Waals surface area (Å²) >= 11 is 0. The summed E-state index contributed by atoms with van der Waals surface area (Å²) in [5.74, 6) is 0. The third-order valence-corrected chi connectivity index (χ3v) is 0. The minimum absolute atomic E-state index is 0. The Balaban J connectivity index is -0.0000000457. The molecule has 0 bridgehead atoms. The van der Waals surface area contributed by atoms with E-state index in [1.165, 1.54) is 0 Å². The largest absolute Gasteiger partial charge is 0.394 e. The molecule has 0 fully saturated rings. The molecule has 0 amide bonds. The summed E-state index contributed by atoms with van der Waals surface area (Å²) < 4.78 is 63.2. The summed E-state index contributed by atoms with van der Waals surface area (Å²) in [4.78, 5) is 0. The van der Waals surface area contributed by atoms with Crippen LogP contribution in [0.2, 0.25) is 0 Å². The fourth-order valence-corrected chi connectivity index (χ4v) is 0. The second-order valence-corrected chi connectivity index (χ2v) is 2.69. The third-order valence-electron chi connectivity index (χ3n) is 0. The summed E-state index contributed by atoms with van der Waals surface area (Å²) in [6.07, 6.45) is 0. The van der Waals surface area contributed by atoms with E-state index in [9.17, 15) is 0 Å². The van der Waals surface area contributed by atoms with Gasteiger partial charge in [0, 0.05) is 33.8 Å². The molecule has 1 radical (unpaired) electrons. The van der Waals surface area contributed by atoms with E-state index in [1.807, 2.05) is 0 Å². The van der Waals surface area contributed by atoms with Crippen molar-refractivity contribution in [2.45, 2.75) is 0 Å². The van der Waals surface area contributed by atoms with Crippen molar-refractivity contribution in [2.24, 2.45) is 0 Å². The molecule has 0 heterocycles. The van der Waals surface area contributed by atoms with Crippen molar-refractivity contribution in [3.8, 4) is 0 Å². The molecule has 0 saturated heterocycles. The first-order valence-electron chi connectivity index (χ1n) is 1.40. The van der Waals surface area contributed by atoms with Crippen molar-refractivity contribution in [2.75, 3.05) is 0 Å². The molecule has 0 atom stereocenters. The van der Waals surface area contributed by atoms with E-state index in [2.05, 4.69) is 0 Å². The van der Waals surface area contributed by atoms with Gasteiger partial charge in [0.1, 0.15) is 0 Å². The molecule has 81 valence electrons. The first kappa shape index (κ1) is 23.0. The molecule has 0 unspecified atom stereocenters. The van der Waals surface area contributed by atoms with Gasteiger partial charge in [-0.3, -0.25) is 18.2 Å². The molecule has 0 aromatic rings. The summed E-state index contributed by atoms with van der Waals surface area (Å²) in [6.45, 7) is 0. The Bertz CT molecular complexity index is 213. The van der Waals surface area contributed by atoms with Crippen LogP contribution in [-0.4, -0.2) is 35.0 Å². The van der Waals surface area contributed by atoms with Gasteiger partial charge in [-0.15, -0.1) is 0 Å². The van der Waals surface area contributed by atoms with Gasteiger partial charge < -0.3 is 0 Å². The second kappa shape index (κ2) is 8.37. The zero-order valence-corrected chi connectivity index (χ0v) is 8.70. The molecular weight excluding hydrogens is 307 g/mol. The first-order valence-corrected chi connectivity index (χ1v) is 4.19. The van der Waals surface area contributed by atoms with E-state index < -0.39 is 20.8 Å². The number of rotatable bonds is 0. The molecule has 0 aliphatic rings. The van der Waals surface area contributed by atoms with Gasteiger partial charge in [-0.05, 0) is 0 Å². The Kier molecular flexibility index (Phi) is 16.0. The number of hydrogen-bond acceptors (Lipinski definition) is 4. The van der Waals surface area contributed by atoms with E-state index in [-0.39, 0.29) is 33.8 Å². The van der Waals surface area contributed by atoms with Crippen LogP contribution in [0, 0.1) is 0 Å². The molecule has 0 rings (SSSR count). The van der Waals surface area contributed by atoms with E-state index in [0.717, 1.165) is 0 Å². The van der Waals surface area contributed by atoms with Crippen LogP contribution in [0.15, 0.2) is 0 Å². The van der Waals surface area contributed by atoms with Gasteiger partial charge >= 0.3 is 20.8 Å². The topological polar surface area (TPSA) is 149 Å². The third kappa shape index (κ3) is 1750. The number of hydrogen-bond donors (Lipinski definition) is 4. The van der Waals surface area contributed by atoms with Crippen LogP contribution in [0.25, 0.3) is 0 Å². The average Bonchev–Trinajstić information content (AvgIpc) is 1.12. The smallest absolute Gasteiger partial charge is 0.264 e. The van der Waals surface area contributed by atoms with Crippen LogP contribution >= 0.6 is 0 Å². The quantitative estimate of drug-likeness (QED) is 0.318. The summed E-state index contributed by atoms with van der Waals surface area (Å²) in [5.41, 5.74) is 0. The molecule has 0 saturated carbocycles. The molecule has 12 heavy (non-hydrogen) atoms. The maximum Gasteiger partial charge on any atom is 0.394 e. The van der Waals surface area contributed by atoms with Crippen LogP contribution in [0.1, 0.15) is 0 Å². The predicted molar refractivity (Wildman–Crippen MR) is 28.4 cm³/mol. The Morgan fingerprint density at radius 2 is 0.667 bits per heavy atom. The molecule has 8 nitrogen and oxygen atoms in total. The van der Waals surface area contributed by atoms with Crippen molar-refractivity contribution >= 4 is 20.8 Å². The fourth-order valence-electron chi connectivity index (χ4n) is 0. The minimum atomic E-state index is -4.67. The standard InChI is InChI=1S/Co.Fe.2H2O4S/c;;2*1-5(2,3)4/h;;2*(H2,1,2,3,4). The minimum Gasteiger partial charge on any atom is -0.264 e. The van der Waals surface area contributed by atoms with Gasteiger partial charge in [-0.25, -0.2) is 0 Å². The van der Waals surface area contributed by atoms with E-state index in [1.54, 1.807) is 0 Å². The van der Waals surface area contributed by atoms with Crippen LogP contribution in [-0.2, 0) is 54.6 Å². The molecular formula is H4CoFeO8S2. The Labute approximate surface area is 89.6 Å². The monoisotopic (exact) mass is 311 g/mol. The van der Waals surface area contributed by atoms with Gasteiger partial charge in [0.2, 0.25) is 0 Å². The first-order chi connectivity index (χ1) is 4.00.